The lowest BCUT2D eigenvalue weighted by molar-refractivity contribution is 0.102. The third-order valence-electron chi connectivity index (χ3n) is 2.17. The van der Waals surface area contributed by atoms with Crippen molar-refractivity contribution in [3.8, 4) is 0 Å². The number of rotatable bonds is 2. The molecule has 92 valence electrons. The van der Waals surface area contributed by atoms with Crippen molar-refractivity contribution in [2.24, 2.45) is 0 Å². The van der Waals surface area contributed by atoms with Gasteiger partial charge in [-0.25, -0.2) is 4.98 Å². The number of carbonyl (C=O) groups is 1. The molecule has 0 aliphatic heterocycles. The summed E-state index contributed by atoms with van der Waals surface area (Å²) in [5, 5.41) is 3.80. The minimum atomic E-state index is -0.316. The number of pyridine rings is 1. The van der Waals surface area contributed by atoms with Crippen LogP contribution in [0.3, 0.4) is 0 Å². The predicted octanol–water partition coefficient (Wildman–Crippen LogP) is 4.29. The fourth-order valence-electron chi connectivity index (χ4n) is 1.33. The molecule has 0 spiro atoms. The summed E-state index contributed by atoms with van der Waals surface area (Å²) in [7, 11) is 0. The van der Waals surface area contributed by atoms with E-state index >= 15 is 0 Å². The smallest absolute Gasteiger partial charge is 0.255 e. The van der Waals surface area contributed by atoms with Gasteiger partial charge in [-0.3, -0.25) is 4.79 Å². The van der Waals surface area contributed by atoms with Crippen molar-refractivity contribution < 1.29 is 4.79 Å². The van der Waals surface area contributed by atoms with E-state index in [9.17, 15) is 4.79 Å². The van der Waals surface area contributed by atoms with Crippen LogP contribution >= 0.6 is 34.8 Å². The molecule has 0 saturated heterocycles. The maximum atomic E-state index is 11.9. The van der Waals surface area contributed by atoms with Crippen molar-refractivity contribution in [3.63, 3.8) is 0 Å². The maximum Gasteiger partial charge on any atom is 0.255 e. The number of nitrogens with one attached hydrogen (secondary N) is 1. The van der Waals surface area contributed by atoms with Crippen molar-refractivity contribution >= 4 is 46.4 Å². The summed E-state index contributed by atoms with van der Waals surface area (Å²) in [5.41, 5.74) is 0.889. The van der Waals surface area contributed by atoms with Crippen LogP contribution in [0.2, 0.25) is 15.2 Å². The van der Waals surface area contributed by atoms with Crippen molar-refractivity contribution in [2.75, 3.05) is 5.32 Å². The highest BCUT2D eigenvalue weighted by Crippen LogP contribution is 2.25. The third-order valence-corrected chi connectivity index (χ3v) is 2.92. The van der Waals surface area contributed by atoms with Crippen LogP contribution in [0.25, 0.3) is 0 Å². The number of amides is 1. The topological polar surface area (TPSA) is 42.0 Å². The van der Waals surface area contributed by atoms with Crippen molar-refractivity contribution in [1.29, 1.82) is 0 Å². The first-order valence-electron chi connectivity index (χ1n) is 4.94. The Balaban J connectivity index is 2.21. The lowest BCUT2D eigenvalue weighted by Gasteiger charge is -2.07. The largest absolute Gasteiger partial charge is 0.321 e. The molecule has 1 aromatic heterocycles. The van der Waals surface area contributed by atoms with E-state index in [-0.39, 0.29) is 11.1 Å². The number of hydrogen-bond acceptors (Lipinski definition) is 2. The summed E-state index contributed by atoms with van der Waals surface area (Å²) in [6.07, 6.45) is 1.46. The molecule has 1 N–H and O–H groups in total. The summed E-state index contributed by atoms with van der Waals surface area (Å²) < 4.78 is 0. The number of benzene rings is 1. The molecule has 2 rings (SSSR count). The number of carbonyl (C=O) groups excluding carboxylic acids is 1. The molecule has 18 heavy (non-hydrogen) atoms. The van der Waals surface area contributed by atoms with Crippen molar-refractivity contribution in [2.45, 2.75) is 0 Å². The molecule has 0 aliphatic carbocycles. The first kappa shape index (κ1) is 13.1. The first-order valence-corrected chi connectivity index (χ1v) is 6.07. The van der Waals surface area contributed by atoms with Crippen LogP contribution in [-0.4, -0.2) is 10.9 Å². The Hall–Kier alpha value is -1.29. The molecular weight excluding hydrogens is 295 g/mol. The molecule has 1 heterocycles. The van der Waals surface area contributed by atoms with Crippen molar-refractivity contribution in [3.05, 3.63) is 57.3 Å². The number of halogens is 3. The molecule has 0 atom stereocenters. The van der Waals surface area contributed by atoms with E-state index in [1.54, 1.807) is 24.3 Å². The number of hydrogen-bond donors (Lipinski definition) is 1. The predicted molar refractivity (Wildman–Crippen MR) is 73.7 cm³/mol. The van der Waals surface area contributed by atoms with Crippen LogP contribution in [0.15, 0.2) is 36.5 Å². The van der Waals surface area contributed by atoms with Gasteiger partial charge < -0.3 is 5.32 Å². The Labute approximate surface area is 119 Å². The molecule has 0 fully saturated rings. The van der Waals surface area contributed by atoms with Crippen LogP contribution in [0.5, 0.6) is 0 Å². The number of anilines is 1. The van der Waals surface area contributed by atoms with E-state index in [0.29, 0.717) is 21.3 Å². The van der Waals surface area contributed by atoms with Gasteiger partial charge in [0.1, 0.15) is 5.15 Å². The van der Waals surface area contributed by atoms with Gasteiger partial charge in [-0.2, -0.15) is 0 Å². The Bertz CT molecular complexity index is 602. The molecule has 0 bridgehead atoms. The van der Waals surface area contributed by atoms with E-state index in [0.717, 1.165) is 0 Å². The highest BCUT2D eigenvalue weighted by atomic mass is 35.5. The zero-order chi connectivity index (χ0) is 13.1. The second-order valence-corrected chi connectivity index (χ2v) is 4.68. The quantitative estimate of drug-likeness (QED) is 0.841. The summed E-state index contributed by atoms with van der Waals surface area (Å²) in [6.45, 7) is 0. The second kappa shape index (κ2) is 5.57. The second-order valence-electron chi connectivity index (χ2n) is 3.45. The minimum Gasteiger partial charge on any atom is -0.321 e. The summed E-state index contributed by atoms with van der Waals surface area (Å²) >= 11 is 17.4. The Morgan fingerprint density at radius 1 is 1.11 bits per heavy atom. The Morgan fingerprint density at radius 2 is 1.89 bits per heavy atom. The van der Waals surface area contributed by atoms with E-state index < -0.39 is 0 Å². The molecule has 0 radical (unpaired) electrons. The van der Waals surface area contributed by atoms with Gasteiger partial charge in [0.05, 0.1) is 10.7 Å². The standard InChI is InChI=1S/C12H7Cl3N2O/c13-8-1-2-10(9(14)6-8)17-12(18)7-3-4-16-11(15)5-7/h1-6H,(H,17,18). The number of nitrogens with zero attached hydrogens (tertiary/aromatic N) is 1. The molecule has 2 aromatic rings. The van der Waals surface area contributed by atoms with Crippen molar-refractivity contribution in [1.82, 2.24) is 4.98 Å². The molecule has 0 aliphatic rings. The normalized spacial score (nSPS) is 10.2. The van der Waals surface area contributed by atoms with Gasteiger partial charge in [-0.15, -0.1) is 0 Å². The maximum absolute atomic E-state index is 11.9. The summed E-state index contributed by atoms with van der Waals surface area (Å²) in [4.78, 5) is 15.7. The van der Waals surface area contributed by atoms with E-state index in [4.69, 9.17) is 34.8 Å². The minimum absolute atomic E-state index is 0.254. The first-order chi connectivity index (χ1) is 8.56. The van der Waals surface area contributed by atoms with Crippen LogP contribution in [0, 0.1) is 0 Å². The molecule has 0 saturated carbocycles. The van der Waals surface area contributed by atoms with E-state index in [2.05, 4.69) is 10.3 Å². The van der Waals surface area contributed by atoms with Crippen LogP contribution in [-0.2, 0) is 0 Å². The highest BCUT2D eigenvalue weighted by molar-refractivity contribution is 6.36. The molecule has 1 aromatic carbocycles. The monoisotopic (exact) mass is 300 g/mol. The van der Waals surface area contributed by atoms with Gasteiger partial charge >= 0.3 is 0 Å². The average Bonchev–Trinajstić information content (AvgIpc) is 2.32. The van der Waals surface area contributed by atoms with Gasteiger partial charge in [-0.05, 0) is 30.3 Å². The molecule has 0 unspecified atom stereocenters. The average molecular weight is 302 g/mol. The van der Waals surface area contributed by atoms with Gasteiger partial charge in [0.25, 0.3) is 5.91 Å². The SMILES string of the molecule is O=C(Nc1ccc(Cl)cc1Cl)c1ccnc(Cl)c1. The van der Waals surface area contributed by atoms with E-state index in [1.807, 2.05) is 0 Å². The molecule has 6 heteroatoms. The van der Waals surface area contributed by atoms with Gasteiger partial charge in [0.15, 0.2) is 0 Å². The molecule has 1 amide bonds. The highest BCUT2D eigenvalue weighted by Gasteiger charge is 2.09. The third kappa shape index (κ3) is 3.13. The summed E-state index contributed by atoms with van der Waals surface area (Å²) in [5.74, 6) is -0.316. The number of aromatic nitrogens is 1. The van der Waals surface area contributed by atoms with Crippen LogP contribution in [0.4, 0.5) is 5.69 Å². The molecule has 3 nitrogen and oxygen atoms in total. The lowest BCUT2D eigenvalue weighted by Crippen LogP contribution is -2.12. The Kier molecular flexibility index (Phi) is 4.07. The van der Waals surface area contributed by atoms with Gasteiger partial charge in [-0.1, -0.05) is 34.8 Å². The van der Waals surface area contributed by atoms with E-state index in [1.165, 1.54) is 12.3 Å². The lowest BCUT2D eigenvalue weighted by atomic mass is 10.2. The van der Waals surface area contributed by atoms with Gasteiger partial charge in [0, 0.05) is 16.8 Å². The molecular formula is C12H7Cl3N2O. The Morgan fingerprint density at radius 3 is 2.56 bits per heavy atom. The van der Waals surface area contributed by atoms with Gasteiger partial charge in [0.2, 0.25) is 0 Å². The van der Waals surface area contributed by atoms with Crippen LogP contribution in [0.1, 0.15) is 10.4 Å². The summed E-state index contributed by atoms with van der Waals surface area (Å²) in [6, 6.07) is 7.86. The zero-order valence-electron chi connectivity index (χ0n) is 8.95. The fourth-order valence-corrected chi connectivity index (χ4v) is 1.96. The fraction of sp³-hybridized carbons (Fsp3) is 0. The van der Waals surface area contributed by atoms with Crippen LogP contribution < -0.4 is 5.32 Å². The zero-order valence-corrected chi connectivity index (χ0v) is 11.2.